The van der Waals surface area contributed by atoms with E-state index in [2.05, 4.69) is 0 Å². The van der Waals surface area contributed by atoms with Gasteiger partial charge in [0, 0.05) is 0 Å². The topological polar surface area (TPSA) is 149 Å². The molecule has 0 unspecified atom stereocenters. The molecule has 0 spiro atoms. The quantitative estimate of drug-likeness (QED) is 0.273. The molecule has 0 bridgehead atoms. The second-order valence-electron chi connectivity index (χ2n) is 0.896. The zero-order valence-corrected chi connectivity index (χ0v) is 5.87. The van der Waals surface area contributed by atoms with Gasteiger partial charge in [-0.05, 0) is 0 Å². The Morgan fingerprint density at radius 2 is 0.667 bits per heavy atom. The van der Waals surface area contributed by atoms with Gasteiger partial charge in [0.05, 0.1) is 0 Å². The van der Waals surface area contributed by atoms with E-state index in [4.69, 9.17) is 35.0 Å². The number of rotatable bonds is 0. The van der Waals surface area contributed by atoms with Crippen molar-refractivity contribution >= 4 is 110 Å². The van der Waals surface area contributed by atoms with Gasteiger partial charge >= 0.3 is 110 Å². The molecular weight excluding hydrogens is 271 g/mol. The molecule has 0 rings (SSSR count). The summed E-state index contributed by atoms with van der Waals surface area (Å²) in [5.74, 6) is 0. The molecule has 0 aromatic carbocycles. The average Bonchev–Trinajstić information content (AvgIpc) is 1.12. The molecule has 4 N–H and O–H groups in total. The minimum atomic E-state index is -4.67. The van der Waals surface area contributed by atoms with Crippen molar-refractivity contribution in [2.24, 2.45) is 0 Å². The zero-order chi connectivity index (χ0) is 9.00. The zero-order valence-electron chi connectivity index (χ0n) is 4.24. The fraction of sp³-hybridized carbons (Fsp3) is 0. The van der Waals surface area contributed by atoms with Gasteiger partial charge in [-0.25, -0.2) is 0 Å². The first-order chi connectivity index (χ1) is 4.00. The molecule has 0 saturated carbocycles. The Bertz CT molecular complexity index is 213. The van der Waals surface area contributed by atoms with Crippen LogP contribution in [0.25, 0.3) is 0 Å². The van der Waals surface area contributed by atoms with Gasteiger partial charge < -0.3 is 0 Å². The summed E-state index contributed by atoms with van der Waals surface area (Å²) < 4.78 is 63.2. The van der Waals surface area contributed by atoms with E-state index in [0.717, 1.165) is 0 Å². The van der Waals surface area contributed by atoms with Crippen molar-refractivity contribution in [3.05, 3.63) is 0 Å². The Hall–Kier alpha value is 2.64. The Kier molecular flexibility index (Phi) is 20.4. The second kappa shape index (κ2) is 10.2. The van der Waals surface area contributed by atoms with Crippen LogP contribution < -0.4 is 0 Å². The van der Waals surface area contributed by atoms with E-state index in [1.165, 1.54) is 0 Å². The fourth-order valence-corrected chi connectivity index (χ4v) is 0. The summed E-state index contributed by atoms with van der Waals surface area (Å²) in [5.41, 5.74) is 0. The van der Waals surface area contributed by atoms with E-state index in [-0.39, 0.29) is 89.1 Å². The summed E-state index contributed by atoms with van der Waals surface area (Å²) in [7, 11) is -9.33. The van der Waals surface area contributed by atoms with Crippen LogP contribution in [-0.4, -0.2) is 124 Å². The van der Waals surface area contributed by atoms with Crippen molar-refractivity contribution in [1.29, 1.82) is 0 Å². The Morgan fingerprint density at radius 1 is 0.667 bits per heavy atom. The van der Waals surface area contributed by atoms with E-state index >= 15 is 0 Å². The van der Waals surface area contributed by atoms with E-state index in [1.54, 1.807) is 0 Å². The average molecular weight is 278 g/mol. The molecule has 0 aliphatic rings. The summed E-state index contributed by atoms with van der Waals surface area (Å²) >= 11 is 0. The van der Waals surface area contributed by atoms with Gasteiger partial charge in [0.25, 0.3) is 0 Å². The second-order valence-corrected chi connectivity index (χ2v) is 2.69. The van der Waals surface area contributed by atoms with E-state index in [0.29, 0.717) is 0 Å². The fourth-order valence-electron chi connectivity index (χ4n) is 0. The third-order valence-corrected chi connectivity index (χ3v) is 0. The van der Waals surface area contributed by atoms with Crippen molar-refractivity contribution in [3.8, 4) is 0 Å². The molecule has 12 heteroatoms. The molecule has 70 valence electrons. The molecule has 0 saturated heterocycles. The molecule has 0 aliphatic carbocycles. The summed E-state index contributed by atoms with van der Waals surface area (Å²) in [6.45, 7) is 0. The van der Waals surface area contributed by atoms with Gasteiger partial charge in [-0.1, -0.05) is 0 Å². The van der Waals surface area contributed by atoms with Crippen LogP contribution >= 0.6 is 0 Å². The van der Waals surface area contributed by atoms with Gasteiger partial charge in [0.1, 0.15) is 0 Å². The minimum absolute atomic E-state index is 0. The van der Waals surface area contributed by atoms with Gasteiger partial charge in [-0.2, -0.15) is 16.8 Å². The van der Waals surface area contributed by atoms with Crippen molar-refractivity contribution in [3.63, 3.8) is 0 Å². The first-order valence-corrected chi connectivity index (χ1v) is 4.19. The molecule has 12 heavy (non-hydrogen) atoms. The molecule has 0 atom stereocenters. The number of hydrogen-bond donors (Lipinski definition) is 4. The molecule has 0 radical (unpaired) electrons. The summed E-state index contributed by atoms with van der Waals surface area (Å²) in [4.78, 5) is 0. The van der Waals surface area contributed by atoms with Crippen LogP contribution in [-0.2, 0) is 20.8 Å². The molecule has 0 amide bonds. The van der Waals surface area contributed by atoms with E-state index in [1.807, 2.05) is 0 Å². The van der Waals surface area contributed by atoms with Gasteiger partial charge in [0.2, 0.25) is 0 Å². The van der Waals surface area contributed by atoms with Gasteiger partial charge in [0.15, 0.2) is 0 Å². The SMILES string of the molecule is O=S(=O)(O)O.O=S(=O)(O)O.[CaH2].[KH]. The molecule has 8 nitrogen and oxygen atoms in total. The third-order valence-electron chi connectivity index (χ3n) is 0. The van der Waals surface area contributed by atoms with Crippen LogP contribution in [0.5, 0.6) is 0 Å². The molecular formula is H7CaKO8S2. The van der Waals surface area contributed by atoms with Gasteiger partial charge in [-0.15, -0.1) is 0 Å². The van der Waals surface area contributed by atoms with E-state index in [9.17, 15) is 0 Å². The monoisotopic (exact) mass is 278 g/mol. The standard InChI is InChI=1S/Ca.K.2H2O4S.3H/c;;2*1-5(2,3)4;;;/h;;2*(H2,1,2,3,4);;;. The van der Waals surface area contributed by atoms with Crippen LogP contribution in [0.3, 0.4) is 0 Å². The van der Waals surface area contributed by atoms with Crippen molar-refractivity contribution in [2.75, 3.05) is 0 Å². The van der Waals surface area contributed by atoms with Crippen LogP contribution in [0.15, 0.2) is 0 Å². The van der Waals surface area contributed by atoms with Crippen LogP contribution in [0.4, 0.5) is 0 Å². The normalized spacial score (nSPS) is 9.67. The molecule has 0 aromatic heterocycles. The van der Waals surface area contributed by atoms with Crippen LogP contribution in [0.1, 0.15) is 0 Å². The summed E-state index contributed by atoms with van der Waals surface area (Å²) in [5, 5.41) is 0. The van der Waals surface area contributed by atoms with Crippen LogP contribution in [0, 0.1) is 0 Å². The summed E-state index contributed by atoms with van der Waals surface area (Å²) in [6.07, 6.45) is 0. The Labute approximate surface area is 142 Å². The first-order valence-electron chi connectivity index (χ1n) is 1.40. The van der Waals surface area contributed by atoms with Crippen molar-refractivity contribution in [1.82, 2.24) is 0 Å². The predicted molar refractivity (Wildman–Crippen MR) is 44.0 cm³/mol. The third kappa shape index (κ3) is 246. The number of hydrogen-bond acceptors (Lipinski definition) is 4. The summed E-state index contributed by atoms with van der Waals surface area (Å²) in [6, 6.07) is 0. The molecule has 0 aliphatic heterocycles. The van der Waals surface area contributed by atoms with Crippen molar-refractivity contribution in [2.45, 2.75) is 0 Å². The molecule has 0 fully saturated rings. The molecule has 0 aromatic rings. The van der Waals surface area contributed by atoms with E-state index < -0.39 is 20.8 Å². The van der Waals surface area contributed by atoms with Crippen LogP contribution in [0.2, 0.25) is 0 Å². The molecule has 0 heterocycles. The first kappa shape index (κ1) is 24.1. The van der Waals surface area contributed by atoms with Gasteiger partial charge in [-0.3, -0.25) is 18.2 Å². The van der Waals surface area contributed by atoms with Crippen molar-refractivity contribution < 1.29 is 35.0 Å². The maximum absolute atomic E-state index is 8.74. The Morgan fingerprint density at radius 3 is 0.667 bits per heavy atom. The Balaban J connectivity index is -0.0000000457. The predicted octanol–water partition coefficient (Wildman–Crippen LogP) is -2.87. The maximum atomic E-state index is 8.74.